The van der Waals surface area contributed by atoms with Crippen LogP contribution in [0, 0.1) is 0 Å². The zero-order valence-corrected chi connectivity index (χ0v) is 19.4. The van der Waals surface area contributed by atoms with E-state index >= 15 is 0 Å². The number of rotatable bonds is 6. The Morgan fingerprint density at radius 2 is 1.94 bits per heavy atom. The van der Waals surface area contributed by atoms with E-state index < -0.39 is 5.25 Å². The molecule has 4 aromatic rings. The summed E-state index contributed by atoms with van der Waals surface area (Å²) in [7, 11) is 3.44. The molecular weight excluding hydrogens is 478 g/mol. The van der Waals surface area contributed by atoms with Gasteiger partial charge in [0, 0.05) is 18.6 Å². The second-order valence-electron chi connectivity index (χ2n) is 7.17. The minimum absolute atomic E-state index is 0.0779. The van der Waals surface area contributed by atoms with Gasteiger partial charge in [-0.3, -0.25) is 14.2 Å². The topological polar surface area (TPSA) is 68.3 Å². The Labute approximate surface area is 192 Å². The fourth-order valence-electron chi connectivity index (χ4n) is 3.19. The lowest BCUT2D eigenvalue weighted by molar-refractivity contribution is -0.128. The molecular formula is C23H20BrN3O3S. The van der Waals surface area contributed by atoms with Crippen LogP contribution in [0.3, 0.4) is 0 Å². The molecule has 2 heterocycles. The Morgan fingerprint density at radius 1 is 1.16 bits per heavy atom. The highest BCUT2D eigenvalue weighted by atomic mass is 79.9. The molecule has 1 atom stereocenters. The summed E-state index contributed by atoms with van der Waals surface area (Å²) in [5.74, 6) is 0.557. The maximum absolute atomic E-state index is 13.4. The maximum atomic E-state index is 13.4. The quantitative estimate of drug-likeness (QED) is 0.284. The van der Waals surface area contributed by atoms with Crippen LogP contribution in [-0.2, 0) is 11.3 Å². The number of furan rings is 1. The number of nitrogens with zero attached hydrogens (tertiary/aromatic N) is 3. The molecule has 4 rings (SSSR count). The van der Waals surface area contributed by atoms with Crippen molar-refractivity contribution < 1.29 is 9.21 Å². The van der Waals surface area contributed by atoms with Crippen molar-refractivity contribution in [2.75, 3.05) is 14.1 Å². The van der Waals surface area contributed by atoms with Gasteiger partial charge in [-0.15, -0.1) is 0 Å². The van der Waals surface area contributed by atoms with Crippen molar-refractivity contribution in [3.8, 4) is 0 Å². The summed E-state index contributed by atoms with van der Waals surface area (Å²) < 4.78 is 7.84. The van der Waals surface area contributed by atoms with Crippen molar-refractivity contribution >= 4 is 44.5 Å². The molecule has 31 heavy (non-hydrogen) atoms. The van der Waals surface area contributed by atoms with E-state index in [1.54, 1.807) is 48.0 Å². The van der Waals surface area contributed by atoms with E-state index in [-0.39, 0.29) is 18.0 Å². The smallest absolute Gasteiger partial charge is 0.262 e. The van der Waals surface area contributed by atoms with Gasteiger partial charge in [-0.1, -0.05) is 58.0 Å². The van der Waals surface area contributed by atoms with Gasteiger partial charge in [-0.2, -0.15) is 0 Å². The van der Waals surface area contributed by atoms with Gasteiger partial charge < -0.3 is 9.32 Å². The first-order valence-electron chi connectivity index (χ1n) is 9.59. The highest BCUT2D eigenvalue weighted by molar-refractivity contribution is 9.10. The molecule has 2 aromatic heterocycles. The Balaban J connectivity index is 1.87. The highest BCUT2D eigenvalue weighted by Crippen LogP contribution is 2.36. The van der Waals surface area contributed by atoms with Gasteiger partial charge in [-0.25, -0.2) is 4.98 Å². The Kier molecular flexibility index (Phi) is 6.29. The number of hydrogen-bond donors (Lipinski definition) is 0. The number of carbonyl (C=O) groups is 1. The van der Waals surface area contributed by atoms with Crippen LogP contribution in [-0.4, -0.2) is 34.5 Å². The van der Waals surface area contributed by atoms with E-state index in [0.717, 1.165) is 10.0 Å². The van der Waals surface area contributed by atoms with Gasteiger partial charge in [0.25, 0.3) is 5.56 Å². The molecule has 2 aromatic carbocycles. The van der Waals surface area contributed by atoms with Gasteiger partial charge in [0.05, 0.1) is 23.7 Å². The average molecular weight is 498 g/mol. The molecule has 0 fully saturated rings. The first kappa shape index (κ1) is 21.4. The lowest BCUT2D eigenvalue weighted by Gasteiger charge is -2.22. The normalized spacial score (nSPS) is 12.1. The summed E-state index contributed by atoms with van der Waals surface area (Å²) in [6.45, 7) is 0.223. The third-order valence-electron chi connectivity index (χ3n) is 4.77. The van der Waals surface area contributed by atoms with Gasteiger partial charge in [0.15, 0.2) is 5.16 Å². The molecule has 0 bridgehead atoms. The summed E-state index contributed by atoms with van der Waals surface area (Å²) in [5.41, 5.74) is 1.24. The highest BCUT2D eigenvalue weighted by Gasteiger charge is 2.26. The monoisotopic (exact) mass is 497 g/mol. The summed E-state index contributed by atoms with van der Waals surface area (Å²) >= 11 is 4.69. The predicted molar refractivity (Wildman–Crippen MR) is 125 cm³/mol. The average Bonchev–Trinajstić information content (AvgIpc) is 3.28. The Bertz CT molecular complexity index is 1270. The summed E-state index contributed by atoms with van der Waals surface area (Å²) in [4.78, 5) is 32.7. The van der Waals surface area contributed by atoms with Crippen molar-refractivity contribution in [1.82, 2.24) is 14.5 Å². The molecule has 158 valence electrons. The molecule has 1 amide bonds. The standard InChI is InChI=1S/C23H20BrN3O3S/c1-26(2)22(29)20(15-7-4-3-5-8-15)31-23-25-19-11-10-16(24)13-18(19)21(28)27(23)14-17-9-6-12-30-17/h3-13,20H,14H2,1-2H3/t20-/m1/s1. The lowest BCUT2D eigenvalue weighted by atomic mass is 10.1. The van der Waals surface area contributed by atoms with Crippen molar-refractivity contribution in [3.05, 3.63) is 93.1 Å². The number of amides is 1. The van der Waals surface area contributed by atoms with Gasteiger partial charge in [0.2, 0.25) is 5.91 Å². The molecule has 0 aliphatic heterocycles. The fraction of sp³-hybridized carbons (Fsp3) is 0.174. The van der Waals surface area contributed by atoms with Crippen LogP contribution in [0.4, 0.5) is 0 Å². The number of hydrogen-bond acceptors (Lipinski definition) is 5. The zero-order valence-electron chi connectivity index (χ0n) is 17.0. The van der Waals surface area contributed by atoms with Crippen molar-refractivity contribution in [2.24, 2.45) is 0 Å². The first-order chi connectivity index (χ1) is 14.9. The van der Waals surface area contributed by atoms with Crippen LogP contribution >= 0.6 is 27.7 Å². The van der Waals surface area contributed by atoms with E-state index in [9.17, 15) is 9.59 Å². The third-order valence-corrected chi connectivity index (χ3v) is 6.49. The van der Waals surface area contributed by atoms with Crippen LogP contribution < -0.4 is 5.56 Å². The van der Waals surface area contributed by atoms with Gasteiger partial charge in [0.1, 0.15) is 11.0 Å². The Hall–Kier alpha value is -2.84. The maximum Gasteiger partial charge on any atom is 0.262 e. The molecule has 0 N–H and O–H groups in total. The third kappa shape index (κ3) is 4.60. The predicted octanol–water partition coefficient (Wildman–Crippen LogP) is 4.72. The summed E-state index contributed by atoms with van der Waals surface area (Å²) in [6, 6.07) is 18.5. The molecule has 0 spiro atoms. The number of carbonyl (C=O) groups excluding carboxylic acids is 1. The van der Waals surface area contributed by atoms with E-state index in [1.807, 2.05) is 42.5 Å². The molecule has 0 aliphatic carbocycles. The molecule has 0 unspecified atom stereocenters. The number of fused-ring (bicyclic) bond motifs is 1. The van der Waals surface area contributed by atoms with Crippen LogP contribution in [0.25, 0.3) is 10.9 Å². The largest absolute Gasteiger partial charge is 0.467 e. The van der Waals surface area contributed by atoms with Crippen molar-refractivity contribution in [2.45, 2.75) is 17.0 Å². The van der Waals surface area contributed by atoms with Crippen LogP contribution in [0.5, 0.6) is 0 Å². The van der Waals surface area contributed by atoms with E-state index in [2.05, 4.69) is 15.9 Å². The van der Waals surface area contributed by atoms with Gasteiger partial charge >= 0.3 is 0 Å². The Morgan fingerprint density at radius 3 is 2.61 bits per heavy atom. The zero-order chi connectivity index (χ0) is 22.0. The van der Waals surface area contributed by atoms with Crippen LogP contribution in [0.1, 0.15) is 16.6 Å². The van der Waals surface area contributed by atoms with Crippen molar-refractivity contribution in [3.63, 3.8) is 0 Å². The number of benzene rings is 2. The molecule has 0 saturated heterocycles. The fourth-order valence-corrected chi connectivity index (χ4v) is 4.79. The summed E-state index contributed by atoms with van der Waals surface area (Å²) in [6.07, 6.45) is 1.57. The number of halogens is 1. The van der Waals surface area contributed by atoms with Gasteiger partial charge in [-0.05, 0) is 35.9 Å². The number of aromatic nitrogens is 2. The SMILES string of the molecule is CN(C)C(=O)[C@H](Sc1nc2ccc(Br)cc2c(=O)n1Cc1ccco1)c1ccccc1. The second-order valence-corrected chi connectivity index (χ2v) is 9.16. The minimum Gasteiger partial charge on any atom is -0.467 e. The molecule has 0 aliphatic rings. The van der Waals surface area contributed by atoms with Crippen molar-refractivity contribution in [1.29, 1.82) is 0 Å². The lowest BCUT2D eigenvalue weighted by Crippen LogP contribution is -2.28. The first-order valence-corrected chi connectivity index (χ1v) is 11.3. The molecule has 0 saturated carbocycles. The second kappa shape index (κ2) is 9.11. The van der Waals surface area contributed by atoms with E-state index in [4.69, 9.17) is 9.40 Å². The van der Waals surface area contributed by atoms with E-state index in [0.29, 0.717) is 21.8 Å². The van der Waals surface area contributed by atoms with Crippen LogP contribution in [0.15, 0.2) is 85.8 Å². The number of likely N-dealkylation sites (N-methyl/N-ethyl adjacent to an activating group) is 1. The van der Waals surface area contributed by atoms with Crippen LogP contribution in [0.2, 0.25) is 0 Å². The van der Waals surface area contributed by atoms with E-state index in [1.165, 1.54) is 11.8 Å². The minimum atomic E-state index is -0.543. The molecule has 8 heteroatoms. The number of thioether (sulfide) groups is 1. The summed E-state index contributed by atoms with van der Waals surface area (Å²) in [5, 5.41) is 0.416. The molecule has 6 nitrogen and oxygen atoms in total. The molecule has 0 radical (unpaired) electrons.